The van der Waals surface area contributed by atoms with Crippen LogP contribution in [0.2, 0.25) is 0 Å². The molecular weight excluding hydrogens is 210 g/mol. The summed E-state index contributed by atoms with van der Waals surface area (Å²) in [5.41, 5.74) is -0.254. The Morgan fingerprint density at radius 1 is 1.31 bits per heavy atom. The Kier molecular flexibility index (Phi) is 2.14. The number of fused-ring (bicyclic) bond motifs is 1. The molecule has 78 valence electrons. The number of benzene rings is 1. The first-order chi connectivity index (χ1) is 7.65. The van der Waals surface area contributed by atoms with E-state index in [1.165, 1.54) is 24.3 Å². The molecule has 0 saturated carbocycles. The Balaban J connectivity index is 2.94. The van der Waals surface area contributed by atoms with Gasteiger partial charge in [-0.05, 0) is 6.07 Å². The first-order valence-corrected chi connectivity index (χ1v) is 4.34. The number of hydrogen-bond donors (Lipinski definition) is 0. The maximum Gasteiger partial charge on any atom is 0.302 e. The number of hydrogen-bond acceptors (Lipinski definition) is 4. The van der Waals surface area contributed by atoms with Gasteiger partial charge in [-0.1, -0.05) is 6.07 Å². The second-order valence-electron chi connectivity index (χ2n) is 3.10. The van der Waals surface area contributed by atoms with Crippen molar-refractivity contribution in [2.45, 2.75) is 0 Å². The Morgan fingerprint density at radius 2 is 2.06 bits per heavy atom. The summed E-state index contributed by atoms with van der Waals surface area (Å²) in [6.07, 6.45) is 1.09. The van der Waals surface area contributed by atoms with E-state index in [9.17, 15) is 15.3 Å². The van der Waals surface area contributed by atoms with Crippen molar-refractivity contribution in [3.8, 4) is 6.07 Å². The van der Waals surface area contributed by atoms with Gasteiger partial charge in [0.2, 0.25) is 0 Å². The molecule has 0 amide bonds. The number of nitriles is 1. The number of nitro benzene ring substituents is 1. The minimum Gasteiger partial charge on any atom is -0.618 e. The maximum absolute atomic E-state index is 11.3. The fourth-order valence-electron chi connectivity index (χ4n) is 1.54. The van der Waals surface area contributed by atoms with Crippen molar-refractivity contribution >= 4 is 16.5 Å². The van der Waals surface area contributed by atoms with Crippen molar-refractivity contribution in [1.82, 2.24) is 0 Å². The van der Waals surface area contributed by atoms with Crippen LogP contribution in [-0.2, 0) is 0 Å². The van der Waals surface area contributed by atoms with Crippen molar-refractivity contribution in [3.05, 3.63) is 51.5 Å². The minimum absolute atomic E-state index is 0.116. The van der Waals surface area contributed by atoms with Gasteiger partial charge in [-0.15, -0.1) is 0 Å². The van der Waals surface area contributed by atoms with E-state index in [4.69, 9.17) is 5.26 Å². The van der Waals surface area contributed by atoms with Crippen LogP contribution in [0, 0.1) is 26.7 Å². The third kappa shape index (κ3) is 1.31. The lowest BCUT2D eigenvalue weighted by atomic mass is 10.1. The Morgan fingerprint density at radius 3 is 2.69 bits per heavy atom. The van der Waals surface area contributed by atoms with Gasteiger partial charge >= 0.3 is 5.69 Å². The summed E-state index contributed by atoms with van der Waals surface area (Å²) in [4.78, 5) is 10.2. The fourth-order valence-corrected chi connectivity index (χ4v) is 1.54. The Labute approximate surface area is 89.7 Å². The topological polar surface area (TPSA) is 93.9 Å². The highest BCUT2D eigenvalue weighted by atomic mass is 16.6. The van der Waals surface area contributed by atoms with Crippen LogP contribution in [0.1, 0.15) is 5.69 Å². The van der Waals surface area contributed by atoms with Gasteiger partial charge in [0.15, 0.2) is 12.3 Å². The van der Waals surface area contributed by atoms with Crippen LogP contribution in [0.4, 0.5) is 5.69 Å². The fraction of sp³-hybridized carbons (Fsp3) is 0. The number of aromatic nitrogens is 1. The molecule has 0 radical (unpaired) electrons. The molecule has 16 heavy (non-hydrogen) atoms. The van der Waals surface area contributed by atoms with Gasteiger partial charge in [0.1, 0.15) is 0 Å². The Hall–Kier alpha value is -2.68. The molecule has 1 heterocycles. The molecule has 0 saturated heterocycles. The predicted octanol–water partition coefficient (Wildman–Crippen LogP) is 1.25. The van der Waals surface area contributed by atoms with Crippen LogP contribution < -0.4 is 4.73 Å². The van der Waals surface area contributed by atoms with Gasteiger partial charge in [0.25, 0.3) is 5.69 Å². The molecule has 0 N–H and O–H groups in total. The van der Waals surface area contributed by atoms with E-state index >= 15 is 0 Å². The lowest BCUT2D eigenvalue weighted by Crippen LogP contribution is -2.29. The van der Waals surface area contributed by atoms with Gasteiger partial charge in [0.05, 0.1) is 15.7 Å². The highest BCUT2D eigenvalue weighted by Crippen LogP contribution is 2.25. The summed E-state index contributed by atoms with van der Waals surface area (Å²) in [5.74, 6) is 0. The van der Waals surface area contributed by atoms with E-state index in [1.54, 1.807) is 6.07 Å². The van der Waals surface area contributed by atoms with E-state index in [2.05, 4.69) is 0 Å². The number of pyridine rings is 1. The first kappa shape index (κ1) is 9.86. The van der Waals surface area contributed by atoms with E-state index in [1.807, 2.05) is 0 Å². The first-order valence-electron chi connectivity index (χ1n) is 4.34. The summed E-state index contributed by atoms with van der Waals surface area (Å²) in [6.45, 7) is 0. The van der Waals surface area contributed by atoms with Crippen LogP contribution >= 0.6 is 0 Å². The molecule has 0 spiro atoms. The molecule has 0 fully saturated rings. The third-order valence-electron chi connectivity index (χ3n) is 2.24. The second-order valence-corrected chi connectivity index (χ2v) is 3.10. The standard InChI is InChI=1S/C10H5N3O3/c11-6-10-7-2-1-3-9(13(15)16)8(7)4-5-12(10)14/h1-5H. The van der Waals surface area contributed by atoms with Gasteiger partial charge < -0.3 is 5.21 Å². The van der Waals surface area contributed by atoms with Crippen LogP contribution in [0.15, 0.2) is 30.5 Å². The lowest BCUT2D eigenvalue weighted by molar-refractivity contribution is -0.606. The molecule has 0 bridgehead atoms. The molecule has 1 aromatic heterocycles. The zero-order valence-electron chi connectivity index (χ0n) is 7.95. The second kappa shape index (κ2) is 3.47. The van der Waals surface area contributed by atoms with Gasteiger partial charge in [-0.25, -0.2) is 0 Å². The predicted molar refractivity (Wildman–Crippen MR) is 54.3 cm³/mol. The SMILES string of the molecule is N#Cc1c2cccc([N+](=O)[O-])c2cc[n+]1[O-]. The van der Waals surface area contributed by atoms with E-state index in [0.29, 0.717) is 4.73 Å². The van der Waals surface area contributed by atoms with Crippen molar-refractivity contribution in [3.63, 3.8) is 0 Å². The van der Waals surface area contributed by atoms with Crippen LogP contribution in [0.3, 0.4) is 0 Å². The smallest absolute Gasteiger partial charge is 0.302 e. The van der Waals surface area contributed by atoms with E-state index < -0.39 is 4.92 Å². The van der Waals surface area contributed by atoms with Crippen molar-refractivity contribution in [1.29, 1.82) is 5.26 Å². The van der Waals surface area contributed by atoms with Crippen LogP contribution in [-0.4, -0.2) is 4.92 Å². The number of non-ortho nitro benzene ring substituents is 1. The zero-order valence-corrected chi connectivity index (χ0v) is 7.95. The largest absolute Gasteiger partial charge is 0.618 e. The summed E-state index contributed by atoms with van der Waals surface area (Å²) in [5, 5.41) is 31.4. The minimum atomic E-state index is -0.543. The monoisotopic (exact) mass is 215 g/mol. The number of rotatable bonds is 1. The average Bonchev–Trinajstić information content (AvgIpc) is 2.27. The van der Waals surface area contributed by atoms with E-state index in [0.717, 1.165) is 6.20 Å². The van der Waals surface area contributed by atoms with Crippen molar-refractivity contribution < 1.29 is 9.65 Å². The molecule has 0 aliphatic heterocycles. The molecule has 0 unspecified atom stereocenters. The molecule has 6 nitrogen and oxygen atoms in total. The highest BCUT2D eigenvalue weighted by Gasteiger charge is 2.17. The molecule has 6 heteroatoms. The molecule has 1 aromatic carbocycles. The molecule has 2 aromatic rings. The summed E-state index contributed by atoms with van der Waals surface area (Å²) in [6, 6.07) is 7.35. The number of nitrogens with zero attached hydrogens (tertiary/aromatic N) is 3. The summed E-state index contributed by atoms with van der Waals surface area (Å²) in [7, 11) is 0. The molecule has 0 aliphatic carbocycles. The number of nitro groups is 1. The average molecular weight is 215 g/mol. The quantitative estimate of drug-likeness (QED) is 0.309. The molecule has 2 rings (SSSR count). The van der Waals surface area contributed by atoms with Crippen LogP contribution in [0.25, 0.3) is 10.8 Å². The molecular formula is C10H5N3O3. The molecule has 0 aliphatic rings. The van der Waals surface area contributed by atoms with E-state index in [-0.39, 0.29) is 22.2 Å². The normalized spacial score (nSPS) is 9.94. The van der Waals surface area contributed by atoms with Gasteiger partial charge in [-0.3, -0.25) is 10.1 Å². The summed E-state index contributed by atoms with van der Waals surface area (Å²) < 4.78 is 0.395. The molecule has 0 atom stereocenters. The maximum atomic E-state index is 11.3. The zero-order chi connectivity index (χ0) is 11.7. The summed E-state index contributed by atoms with van der Waals surface area (Å²) >= 11 is 0. The van der Waals surface area contributed by atoms with Crippen LogP contribution in [0.5, 0.6) is 0 Å². The van der Waals surface area contributed by atoms with Crippen molar-refractivity contribution in [2.24, 2.45) is 0 Å². The highest BCUT2D eigenvalue weighted by molar-refractivity contribution is 5.92. The van der Waals surface area contributed by atoms with Crippen molar-refractivity contribution in [2.75, 3.05) is 0 Å². The lowest BCUT2D eigenvalue weighted by Gasteiger charge is -2.02. The Bertz CT molecular complexity index is 631. The van der Waals surface area contributed by atoms with Gasteiger partial charge in [-0.2, -0.15) is 9.99 Å². The third-order valence-corrected chi connectivity index (χ3v) is 2.24. The van der Waals surface area contributed by atoms with Gasteiger partial charge in [0, 0.05) is 12.1 Å².